The lowest BCUT2D eigenvalue weighted by atomic mass is 10.1. The van der Waals surface area contributed by atoms with E-state index >= 15 is 0 Å². The van der Waals surface area contributed by atoms with Crippen LogP contribution in [0.2, 0.25) is 0 Å². The third-order valence-corrected chi connectivity index (χ3v) is 6.59. The van der Waals surface area contributed by atoms with Crippen LogP contribution in [0.15, 0.2) is 71.6 Å². The summed E-state index contributed by atoms with van der Waals surface area (Å²) < 4.78 is 14.3. The van der Waals surface area contributed by atoms with Crippen LogP contribution in [-0.2, 0) is 6.54 Å². The van der Waals surface area contributed by atoms with Crippen LogP contribution in [0.3, 0.4) is 0 Å². The first-order chi connectivity index (χ1) is 15.6. The molecule has 0 aromatic heterocycles. The lowest BCUT2D eigenvalue weighted by molar-refractivity contribution is 0.249. The highest BCUT2D eigenvalue weighted by molar-refractivity contribution is 8.00. The minimum Gasteiger partial charge on any atom is -0.493 e. The number of ether oxygens (including phenoxy) is 2. The van der Waals surface area contributed by atoms with Crippen molar-refractivity contribution in [3.05, 3.63) is 77.9 Å². The Labute approximate surface area is 195 Å². The standard InChI is InChI=1S/C26H31N3O2S/c1-20-7-10-24(11-8-20)32-27-22-5-4-6-23(18-22)29-15-13-28(14-16-29)19-21-9-12-25(30-2)26(17-21)31-3/h4-12,17-18,27H,13-16,19H2,1-3H3. The van der Waals surface area contributed by atoms with E-state index in [1.165, 1.54) is 21.7 Å². The molecule has 1 heterocycles. The van der Waals surface area contributed by atoms with E-state index in [1.807, 2.05) is 6.07 Å². The van der Waals surface area contributed by atoms with Crippen LogP contribution in [0.25, 0.3) is 0 Å². The summed E-state index contributed by atoms with van der Waals surface area (Å²) in [6, 6.07) is 23.4. The molecule has 0 bridgehead atoms. The van der Waals surface area contributed by atoms with Gasteiger partial charge in [0.05, 0.1) is 14.2 Å². The fourth-order valence-electron chi connectivity index (χ4n) is 3.89. The summed E-state index contributed by atoms with van der Waals surface area (Å²) in [4.78, 5) is 6.17. The Morgan fingerprint density at radius 3 is 2.31 bits per heavy atom. The van der Waals surface area contributed by atoms with Crippen LogP contribution in [0.4, 0.5) is 11.4 Å². The van der Waals surface area contributed by atoms with E-state index in [9.17, 15) is 0 Å². The summed E-state index contributed by atoms with van der Waals surface area (Å²) in [5, 5.41) is 0. The van der Waals surface area contributed by atoms with Crippen LogP contribution < -0.4 is 19.1 Å². The molecule has 5 nitrogen and oxygen atoms in total. The van der Waals surface area contributed by atoms with Crippen molar-refractivity contribution in [2.75, 3.05) is 50.0 Å². The van der Waals surface area contributed by atoms with Crippen molar-refractivity contribution in [3.8, 4) is 11.5 Å². The Kier molecular flexibility index (Phi) is 7.45. The molecule has 1 fully saturated rings. The van der Waals surface area contributed by atoms with E-state index in [4.69, 9.17) is 9.47 Å². The first-order valence-electron chi connectivity index (χ1n) is 10.9. The molecule has 0 atom stereocenters. The lowest BCUT2D eigenvalue weighted by Gasteiger charge is -2.36. The molecule has 0 amide bonds. The van der Waals surface area contributed by atoms with Gasteiger partial charge in [-0.2, -0.15) is 0 Å². The molecule has 0 unspecified atom stereocenters. The Morgan fingerprint density at radius 2 is 1.59 bits per heavy atom. The van der Waals surface area contributed by atoms with Crippen molar-refractivity contribution in [2.45, 2.75) is 18.4 Å². The van der Waals surface area contributed by atoms with Gasteiger partial charge in [0.25, 0.3) is 0 Å². The highest BCUT2D eigenvalue weighted by Gasteiger charge is 2.18. The number of hydrogen-bond acceptors (Lipinski definition) is 6. The maximum Gasteiger partial charge on any atom is 0.161 e. The fraction of sp³-hybridized carbons (Fsp3) is 0.308. The minimum atomic E-state index is 0.773. The van der Waals surface area contributed by atoms with Crippen LogP contribution in [0, 0.1) is 6.92 Å². The van der Waals surface area contributed by atoms with Crippen molar-refractivity contribution >= 4 is 23.3 Å². The van der Waals surface area contributed by atoms with E-state index in [2.05, 4.69) is 82.1 Å². The van der Waals surface area contributed by atoms with Gasteiger partial charge < -0.3 is 19.1 Å². The average molecular weight is 450 g/mol. The molecule has 0 saturated carbocycles. The van der Waals surface area contributed by atoms with Gasteiger partial charge >= 0.3 is 0 Å². The van der Waals surface area contributed by atoms with Crippen LogP contribution in [-0.4, -0.2) is 45.3 Å². The second kappa shape index (κ2) is 10.7. The van der Waals surface area contributed by atoms with Gasteiger partial charge in [-0.15, -0.1) is 0 Å². The molecule has 1 saturated heterocycles. The van der Waals surface area contributed by atoms with Crippen molar-refractivity contribution in [2.24, 2.45) is 0 Å². The molecule has 1 aliphatic heterocycles. The summed E-state index contributed by atoms with van der Waals surface area (Å²) in [5.74, 6) is 1.56. The zero-order chi connectivity index (χ0) is 22.3. The molecule has 168 valence electrons. The van der Waals surface area contributed by atoms with Gasteiger partial charge in [-0.3, -0.25) is 4.90 Å². The van der Waals surface area contributed by atoms with Gasteiger partial charge in [-0.1, -0.05) is 29.8 Å². The Balaban J connectivity index is 1.31. The molecule has 0 aliphatic carbocycles. The van der Waals surface area contributed by atoms with Gasteiger partial charge in [-0.05, 0) is 66.9 Å². The summed E-state index contributed by atoms with van der Waals surface area (Å²) >= 11 is 1.65. The molecule has 3 aromatic carbocycles. The van der Waals surface area contributed by atoms with E-state index in [1.54, 1.807) is 26.2 Å². The highest BCUT2D eigenvalue weighted by Crippen LogP contribution is 2.29. The molecule has 3 aromatic rings. The summed E-state index contributed by atoms with van der Waals surface area (Å²) in [5.41, 5.74) is 4.92. The molecular formula is C26H31N3O2S. The van der Waals surface area contributed by atoms with Crippen molar-refractivity contribution in [1.82, 2.24) is 4.90 Å². The van der Waals surface area contributed by atoms with Gasteiger partial charge in [0, 0.05) is 49.0 Å². The van der Waals surface area contributed by atoms with Gasteiger partial charge in [0.1, 0.15) is 0 Å². The van der Waals surface area contributed by atoms with Gasteiger partial charge in [0.15, 0.2) is 11.5 Å². The Hall–Kier alpha value is -2.83. The lowest BCUT2D eigenvalue weighted by Crippen LogP contribution is -2.45. The molecule has 32 heavy (non-hydrogen) atoms. The molecule has 1 aliphatic rings. The molecule has 0 spiro atoms. The maximum absolute atomic E-state index is 5.45. The zero-order valence-electron chi connectivity index (χ0n) is 19.0. The predicted octanol–water partition coefficient (Wildman–Crippen LogP) is 5.45. The zero-order valence-corrected chi connectivity index (χ0v) is 19.8. The summed E-state index contributed by atoms with van der Waals surface area (Å²) in [6.45, 7) is 7.12. The van der Waals surface area contributed by atoms with E-state index in [0.29, 0.717) is 0 Å². The SMILES string of the molecule is COc1ccc(CN2CCN(c3cccc(NSc4ccc(C)cc4)c3)CC2)cc1OC. The number of rotatable bonds is 8. The van der Waals surface area contributed by atoms with Crippen molar-refractivity contribution < 1.29 is 9.47 Å². The number of aryl methyl sites for hydroxylation is 1. The predicted molar refractivity (Wildman–Crippen MR) is 134 cm³/mol. The number of nitrogens with zero attached hydrogens (tertiary/aromatic N) is 2. The topological polar surface area (TPSA) is 37.0 Å². The summed E-state index contributed by atoms with van der Waals surface area (Å²) in [7, 11) is 3.35. The van der Waals surface area contributed by atoms with Crippen molar-refractivity contribution in [3.63, 3.8) is 0 Å². The second-order valence-electron chi connectivity index (χ2n) is 8.02. The summed E-state index contributed by atoms with van der Waals surface area (Å²) in [6.07, 6.45) is 0. The smallest absolute Gasteiger partial charge is 0.161 e. The number of benzene rings is 3. The fourth-order valence-corrected chi connectivity index (χ4v) is 4.53. The number of methoxy groups -OCH3 is 2. The normalized spacial score (nSPS) is 14.3. The molecule has 4 rings (SSSR count). The number of nitrogens with one attached hydrogen (secondary N) is 1. The van der Waals surface area contributed by atoms with E-state index < -0.39 is 0 Å². The van der Waals surface area contributed by atoms with Gasteiger partial charge in [-0.25, -0.2) is 0 Å². The van der Waals surface area contributed by atoms with Crippen LogP contribution in [0.1, 0.15) is 11.1 Å². The number of piperazine rings is 1. The largest absolute Gasteiger partial charge is 0.493 e. The second-order valence-corrected chi connectivity index (χ2v) is 8.90. The minimum absolute atomic E-state index is 0.773. The molecular weight excluding hydrogens is 418 g/mol. The molecule has 1 N–H and O–H groups in total. The first-order valence-corrected chi connectivity index (χ1v) is 11.7. The third-order valence-electron chi connectivity index (χ3n) is 5.75. The monoisotopic (exact) mass is 449 g/mol. The van der Waals surface area contributed by atoms with E-state index in [-0.39, 0.29) is 0 Å². The third kappa shape index (κ3) is 5.69. The number of hydrogen-bond donors (Lipinski definition) is 1. The Morgan fingerprint density at radius 1 is 0.844 bits per heavy atom. The number of anilines is 2. The average Bonchev–Trinajstić information content (AvgIpc) is 2.84. The highest BCUT2D eigenvalue weighted by atomic mass is 32.2. The van der Waals surface area contributed by atoms with Crippen LogP contribution >= 0.6 is 11.9 Å². The first kappa shape index (κ1) is 22.4. The quantitative estimate of drug-likeness (QED) is 0.461. The van der Waals surface area contributed by atoms with E-state index in [0.717, 1.165) is 49.9 Å². The Bertz CT molecular complexity index is 1020. The molecule has 6 heteroatoms. The maximum atomic E-state index is 5.45. The van der Waals surface area contributed by atoms with Crippen LogP contribution in [0.5, 0.6) is 11.5 Å². The van der Waals surface area contributed by atoms with Gasteiger partial charge in [0.2, 0.25) is 0 Å². The van der Waals surface area contributed by atoms with Crippen molar-refractivity contribution in [1.29, 1.82) is 0 Å². The molecule has 0 radical (unpaired) electrons.